The molecule has 7 aromatic rings. The Kier molecular flexibility index (Phi) is 6.61. The number of thiophene rings is 1. The molecule has 1 fully saturated rings. The van der Waals surface area contributed by atoms with Crippen LogP contribution < -0.4 is 5.46 Å². The molecule has 5 heteroatoms. The fraction of sp³-hybridized carbons (Fsp3) is 0.150. The van der Waals surface area contributed by atoms with Gasteiger partial charge in [-0.3, -0.25) is 0 Å². The van der Waals surface area contributed by atoms with Crippen molar-refractivity contribution in [1.82, 2.24) is 4.57 Å². The number of rotatable bonds is 5. The number of benzene rings is 5. The minimum atomic E-state index is -0.452. The third-order valence-corrected chi connectivity index (χ3v) is 10.5. The molecule has 0 N–H and O–H groups in total. The van der Waals surface area contributed by atoms with E-state index in [1.807, 2.05) is 0 Å². The molecule has 2 aromatic heterocycles. The van der Waals surface area contributed by atoms with E-state index >= 15 is 0 Å². The van der Waals surface area contributed by atoms with Crippen molar-refractivity contribution >= 4 is 44.9 Å². The first-order valence-electron chi connectivity index (χ1n) is 15.5. The third-order valence-electron chi connectivity index (χ3n) is 9.53. The molecule has 0 bridgehead atoms. The molecule has 1 aliphatic rings. The zero-order valence-electron chi connectivity index (χ0n) is 26.0. The summed E-state index contributed by atoms with van der Waals surface area (Å²) >= 11 is 1.80. The van der Waals surface area contributed by atoms with E-state index in [9.17, 15) is 0 Å². The SMILES string of the molecule is CC1(C)OB(c2cc(-c3ccc4c(ccn4-c4ccccc4)c3)cc(-c3ccc4c(-c5ccccc5)csc4c3)c2)OC1(C)C. The van der Waals surface area contributed by atoms with Gasteiger partial charge in [-0.05, 0) is 109 Å². The van der Waals surface area contributed by atoms with Crippen LogP contribution in [0, 0.1) is 0 Å². The summed E-state index contributed by atoms with van der Waals surface area (Å²) in [6, 6.07) is 43.7. The molecule has 3 nitrogen and oxygen atoms in total. The van der Waals surface area contributed by atoms with E-state index in [2.05, 4.69) is 165 Å². The van der Waals surface area contributed by atoms with Crippen molar-refractivity contribution in [1.29, 1.82) is 0 Å². The number of hydrogen-bond donors (Lipinski definition) is 0. The van der Waals surface area contributed by atoms with Crippen LogP contribution in [0.5, 0.6) is 0 Å². The third kappa shape index (κ3) is 4.92. The Bertz CT molecular complexity index is 2030. The van der Waals surface area contributed by atoms with Crippen LogP contribution in [-0.4, -0.2) is 22.9 Å². The smallest absolute Gasteiger partial charge is 0.399 e. The van der Waals surface area contributed by atoms with E-state index in [0.717, 1.165) is 27.8 Å². The highest BCUT2D eigenvalue weighted by Gasteiger charge is 2.51. The van der Waals surface area contributed by atoms with E-state index in [1.54, 1.807) is 11.3 Å². The van der Waals surface area contributed by atoms with Crippen LogP contribution in [0.15, 0.2) is 133 Å². The molecule has 220 valence electrons. The number of hydrogen-bond acceptors (Lipinski definition) is 3. The molecule has 5 aromatic carbocycles. The van der Waals surface area contributed by atoms with Crippen LogP contribution in [0.2, 0.25) is 0 Å². The number of aromatic nitrogens is 1. The lowest BCUT2D eigenvalue weighted by molar-refractivity contribution is 0.00578. The number of nitrogens with zero attached hydrogens (tertiary/aromatic N) is 1. The maximum atomic E-state index is 6.55. The zero-order valence-corrected chi connectivity index (χ0v) is 26.8. The molecule has 3 heterocycles. The second kappa shape index (κ2) is 10.6. The molecule has 0 amide bonds. The van der Waals surface area contributed by atoms with E-state index in [4.69, 9.17) is 9.31 Å². The van der Waals surface area contributed by atoms with Gasteiger partial charge in [0.05, 0.1) is 16.7 Å². The normalized spacial score (nSPS) is 15.7. The summed E-state index contributed by atoms with van der Waals surface area (Å²) in [5.74, 6) is 0. The maximum absolute atomic E-state index is 6.55. The van der Waals surface area contributed by atoms with Gasteiger partial charge in [0, 0.05) is 32.9 Å². The topological polar surface area (TPSA) is 23.4 Å². The maximum Gasteiger partial charge on any atom is 0.494 e. The molecule has 0 unspecified atom stereocenters. The monoisotopic (exact) mass is 603 g/mol. The average Bonchev–Trinajstić information content (AvgIpc) is 3.74. The van der Waals surface area contributed by atoms with Crippen molar-refractivity contribution in [2.24, 2.45) is 0 Å². The second-order valence-corrected chi connectivity index (χ2v) is 13.9. The molecule has 0 aliphatic carbocycles. The van der Waals surface area contributed by atoms with Gasteiger partial charge in [0.1, 0.15) is 0 Å². The first kappa shape index (κ1) is 28.1. The Morgan fingerprint density at radius 1 is 0.600 bits per heavy atom. The summed E-state index contributed by atoms with van der Waals surface area (Å²) in [4.78, 5) is 0. The predicted octanol–water partition coefficient (Wildman–Crippen LogP) is 10.1. The van der Waals surface area contributed by atoms with Crippen LogP contribution in [0.1, 0.15) is 27.7 Å². The first-order chi connectivity index (χ1) is 21.8. The summed E-state index contributed by atoms with van der Waals surface area (Å²) in [7, 11) is -0.452. The summed E-state index contributed by atoms with van der Waals surface area (Å²) in [5.41, 5.74) is 9.69. The molecule has 0 radical (unpaired) electrons. The summed E-state index contributed by atoms with van der Waals surface area (Å²) in [6.45, 7) is 8.44. The zero-order chi connectivity index (χ0) is 30.8. The largest absolute Gasteiger partial charge is 0.494 e. The van der Waals surface area contributed by atoms with Crippen molar-refractivity contribution in [3.63, 3.8) is 0 Å². The molecular formula is C40H34BNO2S. The highest BCUT2D eigenvalue weighted by atomic mass is 32.1. The van der Waals surface area contributed by atoms with Gasteiger partial charge in [-0.2, -0.15) is 0 Å². The standard InChI is InChI=1S/C40H34BNO2S/c1-39(2)40(3,4)44-41(43-39)33-23-31(28-16-18-37-30(21-28)19-20-42(37)34-13-9-6-10-14-34)22-32(24-33)29-15-17-35-36(26-45-38(35)25-29)27-11-7-5-8-12-27/h5-26H,1-4H3. The van der Waals surface area contributed by atoms with Crippen LogP contribution in [0.3, 0.4) is 0 Å². The molecule has 45 heavy (non-hydrogen) atoms. The highest BCUT2D eigenvalue weighted by Crippen LogP contribution is 2.39. The van der Waals surface area contributed by atoms with E-state index < -0.39 is 18.3 Å². The van der Waals surface area contributed by atoms with Crippen LogP contribution in [-0.2, 0) is 9.31 Å². The van der Waals surface area contributed by atoms with Gasteiger partial charge in [-0.15, -0.1) is 11.3 Å². The highest BCUT2D eigenvalue weighted by molar-refractivity contribution is 7.17. The fourth-order valence-corrected chi connectivity index (χ4v) is 7.29. The molecule has 1 saturated heterocycles. The first-order valence-corrected chi connectivity index (χ1v) is 16.4. The van der Waals surface area contributed by atoms with Gasteiger partial charge in [0.15, 0.2) is 0 Å². The van der Waals surface area contributed by atoms with Crippen molar-refractivity contribution in [2.75, 3.05) is 0 Å². The van der Waals surface area contributed by atoms with Gasteiger partial charge in [0.25, 0.3) is 0 Å². The Hall–Kier alpha value is -4.42. The van der Waals surface area contributed by atoms with Gasteiger partial charge >= 0.3 is 7.12 Å². The average molecular weight is 604 g/mol. The van der Waals surface area contributed by atoms with E-state index in [1.165, 1.54) is 37.7 Å². The van der Waals surface area contributed by atoms with E-state index in [-0.39, 0.29) is 0 Å². The van der Waals surface area contributed by atoms with Crippen LogP contribution in [0.4, 0.5) is 0 Å². The summed E-state index contributed by atoms with van der Waals surface area (Å²) in [5, 5.41) is 4.75. The molecule has 0 atom stereocenters. The fourth-order valence-electron chi connectivity index (χ4n) is 6.29. The minimum absolute atomic E-state index is 0.420. The number of fused-ring (bicyclic) bond motifs is 2. The van der Waals surface area contributed by atoms with Crippen molar-refractivity contribution in [3.8, 4) is 39.1 Å². The lowest BCUT2D eigenvalue weighted by Gasteiger charge is -2.32. The van der Waals surface area contributed by atoms with Crippen molar-refractivity contribution in [3.05, 3.63) is 133 Å². The van der Waals surface area contributed by atoms with Gasteiger partial charge in [-0.25, -0.2) is 0 Å². The molecule has 1 aliphatic heterocycles. The predicted molar refractivity (Wildman–Crippen MR) is 191 cm³/mol. The van der Waals surface area contributed by atoms with Gasteiger partial charge in [-0.1, -0.05) is 78.9 Å². The lowest BCUT2D eigenvalue weighted by Crippen LogP contribution is -2.41. The van der Waals surface area contributed by atoms with E-state index in [0.29, 0.717) is 0 Å². The second-order valence-electron chi connectivity index (χ2n) is 13.0. The Morgan fingerprint density at radius 3 is 1.96 bits per heavy atom. The van der Waals surface area contributed by atoms with Gasteiger partial charge < -0.3 is 13.9 Å². The van der Waals surface area contributed by atoms with Crippen LogP contribution >= 0.6 is 11.3 Å². The lowest BCUT2D eigenvalue weighted by atomic mass is 9.76. The Labute approximate surface area is 268 Å². The quantitative estimate of drug-likeness (QED) is 0.183. The van der Waals surface area contributed by atoms with Gasteiger partial charge in [0.2, 0.25) is 0 Å². The van der Waals surface area contributed by atoms with Crippen LogP contribution in [0.25, 0.3) is 60.1 Å². The molecule has 0 spiro atoms. The molecular weight excluding hydrogens is 569 g/mol. The number of para-hydroxylation sites is 1. The van der Waals surface area contributed by atoms with Crippen molar-refractivity contribution < 1.29 is 9.31 Å². The molecule has 0 saturated carbocycles. The van der Waals surface area contributed by atoms with Crippen molar-refractivity contribution in [2.45, 2.75) is 38.9 Å². The summed E-state index contributed by atoms with van der Waals surface area (Å²) in [6.07, 6.45) is 2.15. The summed E-state index contributed by atoms with van der Waals surface area (Å²) < 4.78 is 16.6. The Morgan fingerprint density at radius 2 is 1.24 bits per heavy atom. The minimum Gasteiger partial charge on any atom is -0.399 e. The molecule has 8 rings (SSSR count). The Balaban J connectivity index is 1.24.